The first-order valence-electron chi connectivity index (χ1n) is 9.96. The van der Waals surface area contributed by atoms with Crippen LogP contribution in [0.1, 0.15) is 32.9 Å². The maximum absolute atomic E-state index is 14.5. The summed E-state index contributed by atoms with van der Waals surface area (Å²) in [4.78, 5) is 27.2. The van der Waals surface area contributed by atoms with Crippen LogP contribution in [-0.4, -0.2) is 48.4 Å². The summed E-state index contributed by atoms with van der Waals surface area (Å²) in [6, 6.07) is -0.320. The Morgan fingerprint density at radius 1 is 1.13 bits per heavy atom. The third-order valence-electron chi connectivity index (χ3n) is 5.34. The second-order valence-corrected chi connectivity index (χ2v) is 8.69. The number of anilines is 1. The Labute approximate surface area is 178 Å². The van der Waals surface area contributed by atoms with Crippen molar-refractivity contribution in [1.82, 2.24) is 20.4 Å². The molecular weight excluding hydrogens is 411 g/mol. The van der Waals surface area contributed by atoms with Crippen LogP contribution in [0.25, 0.3) is 11.3 Å². The summed E-state index contributed by atoms with van der Waals surface area (Å²) in [6.45, 7) is 6.05. The van der Waals surface area contributed by atoms with Crippen molar-refractivity contribution in [1.29, 1.82) is 0 Å². The molecule has 0 saturated heterocycles. The summed E-state index contributed by atoms with van der Waals surface area (Å²) in [5, 5.41) is 9.49. The fraction of sp³-hybridized carbons (Fsp3) is 0.476. The maximum Gasteiger partial charge on any atom is 0.343 e. The standard InChI is InChI=1S/C21H26F3N5O2/c1-21(2,3)18(19(30)25-4)26-20(31)29-15-7-6-8-28(5)17(15)16(27-29)11-9-13(23)14(24)10-12(11)22/h9-10,18H,6-8H2,1-5H3,(H,25,30)(H,26,31)/t18-/m1/s1. The Morgan fingerprint density at radius 3 is 2.39 bits per heavy atom. The normalized spacial score (nSPS) is 14.8. The smallest absolute Gasteiger partial charge is 0.343 e. The van der Waals surface area contributed by atoms with Gasteiger partial charge in [0.25, 0.3) is 0 Å². The summed E-state index contributed by atoms with van der Waals surface area (Å²) in [7, 11) is 3.23. The van der Waals surface area contributed by atoms with Crippen LogP contribution in [0.5, 0.6) is 0 Å². The molecule has 0 spiro atoms. The highest BCUT2D eigenvalue weighted by Crippen LogP contribution is 2.38. The van der Waals surface area contributed by atoms with Gasteiger partial charge in [-0.05, 0) is 24.3 Å². The van der Waals surface area contributed by atoms with Crippen molar-refractivity contribution < 1.29 is 22.8 Å². The van der Waals surface area contributed by atoms with E-state index in [9.17, 15) is 22.8 Å². The van der Waals surface area contributed by atoms with Crippen LogP contribution in [0.3, 0.4) is 0 Å². The molecule has 31 heavy (non-hydrogen) atoms. The molecule has 3 rings (SSSR count). The predicted molar refractivity (Wildman–Crippen MR) is 110 cm³/mol. The first-order valence-corrected chi connectivity index (χ1v) is 9.96. The summed E-state index contributed by atoms with van der Waals surface area (Å²) in [6.07, 6.45) is 1.20. The molecule has 0 bridgehead atoms. The number of nitrogens with one attached hydrogen (secondary N) is 2. The van der Waals surface area contributed by atoms with Gasteiger partial charge in [-0.3, -0.25) is 4.79 Å². The number of rotatable bonds is 3. The van der Waals surface area contributed by atoms with Crippen LogP contribution >= 0.6 is 0 Å². The number of hydrogen-bond acceptors (Lipinski definition) is 4. The number of nitrogens with zero attached hydrogens (tertiary/aromatic N) is 3. The Hall–Kier alpha value is -3.04. The van der Waals surface area contributed by atoms with Crippen molar-refractivity contribution in [3.63, 3.8) is 0 Å². The molecule has 1 aliphatic heterocycles. The number of halogens is 3. The molecule has 1 aromatic carbocycles. The van der Waals surface area contributed by atoms with Gasteiger partial charge in [-0.15, -0.1) is 0 Å². The number of amides is 2. The number of carbonyl (C=O) groups excluding carboxylic acids is 2. The van der Waals surface area contributed by atoms with Gasteiger partial charge < -0.3 is 15.5 Å². The fourth-order valence-corrected chi connectivity index (χ4v) is 3.72. The Bertz CT molecular complexity index is 1030. The molecule has 0 unspecified atom stereocenters. The molecule has 0 fully saturated rings. The van der Waals surface area contributed by atoms with Crippen molar-refractivity contribution in [3.8, 4) is 11.3 Å². The van der Waals surface area contributed by atoms with Crippen LogP contribution in [0.2, 0.25) is 0 Å². The zero-order chi connectivity index (χ0) is 23.1. The third kappa shape index (κ3) is 4.24. The molecule has 7 nitrogen and oxygen atoms in total. The lowest BCUT2D eigenvalue weighted by molar-refractivity contribution is -0.124. The minimum atomic E-state index is -1.31. The minimum absolute atomic E-state index is 0.0380. The second kappa shape index (κ2) is 8.24. The summed E-state index contributed by atoms with van der Waals surface area (Å²) in [5.41, 5.74) is 0.188. The number of carbonyl (C=O) groups is 2. The molecule has 2 N–H and O–H groups in total. The zero-order valence-electron chi connectivity index (χ0n) is 18.1. The largest absolute Gasteiger partial charge is 0.371 e. The van der Waals surface area contributed by atoms with E-state index in [4.69, 9.17) is 0 Å². The summed E-state index contributed by atoms with van der Waals surface area (Å²) < 4.78 is 42.9. The number of hydrogen-bond donors (Lipinski definition) is 2. The highest BCUT2D eigenvalue weighted by Gasteiger charge is 2.35. The van der Waals surface area contributed by atoms with E-state index in [2.05, 4.69) is 15.7 Å². The molecule has 1 aliphatic rings. The number of fused-ring (bicyclic) bond motifs is 1. The first-order chi connectivity index (χ1) is 14.5. The average molecular weight is 437 g/mol. The highest BCUT2D eigenvalue weighted by atomic mass is 19.2. The molecule has 0 aliphatic carbocycles. The third-order valence-corrected chi connectivity index (χ3v) is 5.34. The molecule has 2 heterocycles. The molecule has 0 radical (unpaired) electrons. The summed E-state index contributed by atoms with van der Waals surface area (Å²) >= 11 is 0. The number of aromatic nitrogens is 2. The van der Waals surface area contributed by atoms with E-state index in [1.807, 2.05) is 20.8 Å². The zero-order valence-corrected chi connectivity index (χ0v) is 18.1. The first kappa shape index (κ1) is 22.6. The van der Waals surface area contributed by atoms with Crippen LogP contribution in [0, 0.1) is 22.9 Å². The number of benzene rings is 1. The van der Waals surface area contributed by atoms with Crippen LogP contribution < -0.4 is 15.5 Å². The Kier molecular flexibility index (Phi) is 6.02. The second-order valence-electron chi connectivity index (χ2n) is 8.69. The van der Waals surface area contributed by atoms with Gasteiger partial charge in [-0.2, -0.15) is 9.78 Å². The Morgan fingerprint density at radius 2 is 1.77 bits per heavy atom. The molecule has 0 saturated carbocycles. The molecular formula is C21H26F3N5O2. The SMILES string of the molecule is CNC(=O)[C@@H](NC(=O)n1nc(-c2cc(F)c(F)cc2F)c2c1CCCN2C)C(C)(C)C. The van der Waals surface area contributed by atoms with E-state index in [1.165, 1.54) is 7.05 Å². The predicted octanol–water partition coefficient (Wildman–Crippen LogP) is 3.07. The van der Waals surface area contributed by atoms with Gasteiger partial charge in [0, 0.05) is 32.3 Å². The molecule has 10 heteroatoms. The monoisotopic (exact) mass is 437 g/mol. The van der Waals surface area contributed by atoms with Crippen molar-refractivity contribution in [2.75, 3.05) is 25.5 Å². The molecule has 168 valence electrons. The van der Waals surface area contributed by atoms with Crippen molar-refractivity contribution >= 4 is 17.6 Å². The van der Waals surface area contributed by atoms with Crippen molar-refractivity contribution in [2.45, 2.75) is 39.7 Å². The quantitative estimate of drug-likeness (QED) is 0.724. The molecule has 1 aromatic heterocycles. The van der Waals surface area contributed by atoms with E-state index in [1.54, 1.807) is 11.9 Å². The van der Waals surface area contributed by atoms with Crippen LogP contribution in [0.15, 0.2) is 12.1 Å². The number of likely N-dealkylation sites (N-methyl/N-ethyl adjacent to an activating group) is 1. The fourth-order valence-electron chi connectivity index (χ4n) is 3.72. The molecule has 2 amide bonds. The minimum Gasteiger partial charge on any atom is -0.371 e. The van der Waals surface area contributed by atoms with Gasteiger partial charge in [0.2, 0.25) is 5.91 Å². The van der Waals surface area contributed by atoms with E-state index in [-0.39, 0.29) is 17.2 Å². The van der Waals surface area contributed by atoms with Gasteiger partial charge in [0.05, 0.1) is 11.4 Å². The molecule has 2 aromatic rings. The average Bonchev–Trinajstić information content (AvgIpc) is 3.08. The van der Waals surface area contributed by atoms with E-state index < -0.39 is 34.9 Å². The van der Waals surface area contributed by atoms with Gasteiger partial charge in [0.15, 0.2) is 11.6 Å². The molecule has 1 atom stereocenters. The van der Waals surface area contributed by atoms with Crippen LogP contribution in [0.4, 0.5) is 23.7 Å². The van der Waals surface area contributed by atoms with Gasteiger partial charge in [-0.1, -0.05) is 20.8 Å². The lowest BCUT2D eigenvalue weighted by Gasteiger charge is -2.30. The van der Waals surface area contributed by atoms with Crippen LogP contribution in [-0.2, 0) is 11.2 Å². The van der Waals surface area contributed by atoms with Gasteiger partial charge in [0.1, 0.15) is 17.6 Å². The van der Waals surface area contributed by atoms with Crippen molar-refractivity contribution in [2.24, 2.45) is 5.41 Å². The van der Waals surface area contributed by atoms with Gasteiger partial charge in [-0.25, -0.2) is 18.0 Å². The van der Waals surface area contributed by atoms with Crippen molar-refractivity contribution in [3.05, 3.63) is 35.3 Å². The van der Waals surface area contributed by atoms with E-state index in [0.717, 1.165) is 17.2 Å². The lowest BCUT2D eigenvalue weighted by Crippen LogP contribution is -2.54. The van der Waals surface area contributed by atoms with E-state index in [0.29, 0.717) is 30.4 Å². The maximum atomic E-state index is 14.5. The lowest BCUT2D eigenvalue weighted by atomic mass is 9.86. The topological polar surface area (TPSA) is 79.3 Å². The Balaban J connectivity index is 2.11. The highest BCUT2D eigenvalue weighted by molar-refractivity contribution is 5.90. The van der Waals surface area contributed by atoms with Gasteiger partial charge >= 0.3 is 6.03 Å². The summed E-state index contributed by atoms with van der Waals surface area (Å²) in [5.74, 6) is -3.87. The van der Waals surface area contributed by atoms with E-state index >= 15 is 0 Å².